The van der Waals surface area contributed by atoms with E-state index in [9.17, 15) is 9.18 Å². The maximum atomic E-state index is 12.9. The molecule has 1 aliphatic heterocycles. The van der Waals surface area contributed by atoms with E-state index in [1.54, 1.807) is 30.6 Å². The van der Waals surface area contributed by atoms with E-state index in [0.29, 0.717) is 5.56 Å². The lowest BCUT2D eigenvalue weighted by Gasteiger charge is -2.20. The summed E-state index contributed by atoms with van der Waals surface area (Å²) in [7, 11) is 0. The Hall–Kier alpha value is -2.43. The Morgan fingerprint density at radius 1 is 1.00 bits per heavy atom. The van der Waals surface area contributed by atoms with Gasteiger partial charge in [0, 0.05) is 25.0 Å². The number of benzene rings is 1. The highest BCUT2D eigenvalue weighted by Crippen LogP contribution is 2.19. The largest absolute Gasteiger partial charge is 0.354 e. The van der Waals surface area contributed by atoms with Gasteiger partial charge in [-0.15, -0.1) is 0 Å². The van der Waals surface area contributed by atoms with Crippen molar-refractivity contribution in [1.29, 1.82) is 0 Å². The minimum atomic E-state index is -0.279. The molecule has 1 aromatic heterocycles. The van der Waals surface area contributed by atoms with Crippen LogP contribution in [0.3, 0.4) is 0 Å². The van der Waals surface area contributed by atoms with Gasteiger partial charge in [-0.1, -0.05) is 12.8 Å². The molecule has 1 aliphatic rings. The van der Waals surface area contributed by atoms with E-state index < -0.39 is 0 Å². The van der Waals surface area contributed by atoms with Crippen molar-refractivity contribution in [2.24, 2.45) is 0 Å². The molecule has 1 N–H and O–H groups in total. The minimum Gasteiger partial charge on any atom is -0.354 e. The van der Waals surface area contributed by atoms with E-state index in [1.165, 1.54) is 25.0 Å². The fraction of sp³-hybridized carbons (Fsp3) is 0.333. The van der Waals surface area contributed by atoms with Crippen LogP contribution in [0, 0.1) is 5.82 Å². The number of amides is 1. The van der Waals surface area contributed by atoms with Crippen LogP contribution in [-0.2, 0) is 0 Å². The van der Waals surface area contributed by atoms with Crippen molar-refractivity contribution < 1.29 is 9.18 Å². The van der Waals surface area contributed by atoms with Gasteiger partial charge >= 0.3 is 0 Å². The molecular formula is C18H20FN3O. The molecule has 1 aromatic carbocycles. The number of hydrogen-bond acceptors (Lipinski definition) is 3. The summed E-state index contributed by atoms with van der Waals surface area (Å²) in [5, 5.41) is 3.14. The molecule has 23 heavy (non-hydrogen) atoms. The monoisotopic (exact) mass is 313 g/mol. The Kier molecular flexibility index (Phi) is 4.86. The second-order valence-corrected chi connectivity index (χ2v) is 5.80. The normalized spacial score (nSPS) is 15.1. The number of rotatable bonds is 3. The van der Waals surface area contributed by atoms with Crippen molar-refractivity contribution in [1.82, 2.24) is 9.88 Å². The molecule has 0 spiro atoms. The average Bonchev–Trinajstić information content (AvgIpc) is 2.86. The summed E-state index contributed by atoms with van der Waals surface area (Å²) >= 11 is 0. The van der Waals surface area contributed by atoms with Crippen molar-refractivity contribution in [2.75, 3.05) is 18.4 Å². The fourth-order valence-electron chi connectivity index (χ4n) is 2.78. The highest BCUT2D eigenvalue weighted by Gasteiger charge is 2.17. The summed E-state index contributed by atoms with van der Waals surface area (Å²) in [4.78, 5) is 18.7. The first-order valence-electron chi connectivity index (χ1n) is 7.99. The molecule has 0 radical (unpaired) electrons. The van der Waals surface area contributed by atoms with Crippen LogP contribution in [0.1, 0.15) is 36.0 Å². The number of nitrogens with one attached hydrogen (secondary N) is 1. The van der Waals surface area contributed by atoms with E-state index in [2.05, 4.69) is 10.3 Å². The van der Waals surface area contributed by atoms with E-state index in [0.717, 1.165) is 37.3 Å². The summed E-state index contributed by atoms with van der Waals surface area (Å²) in [5.41, 5.74) is 2.06. The molecule has 0 unspecified atom stereocenters. The zero-order valence-corrected chi connectivity index (χ0v) is 13.0. The van der Waals surface area contributed by atoms with Crippen molar-refractivity contribution >= 4 is 17.3 Å². The van der Waals surface area contributed by atoms with Gasteiger partial charge in [0.2, 0.25) is 0 Å². The molecule has 4 nitrogen and oxygen atoms in total. The fourth-order valence-corrected chi connectivity index (χ4v) is 2.78. The van der Waals surface area contributed by atoms with Crippen molar-refractivity contribution in [3.05, 3.63) is 54.1 Å². The third-order valence-corrected chi connectivity index (χ3v) is 4.01. The van der Waals surface area contributed by atoms with Crippen LogP contribution >= 0.6 is 0 Å². The lowest BCUT2D eigenvalue weighted by Crippen LogP contribution is -2.31. The Morgan fingerprint density at radius 3 is 2.39 bits per heavy atom. The van der Waals surface area contributed by atoms with Crippen LogP contribution in [-0.4, -0.2) is 28.9 Å². The van der Waals surface area contributed by atoms with E-state index in [1.807, 2.05) is 4.90 Å². The number of pyridine rings is 1. The first-order chi connectivity index (χ1) is 11.2. The molecule has 0 saturated carbocycles. The number of anilines is 2. The van der Waals surface area contributed by atoms with Crippen molar-refractivity contribution in [3.63, 3.8) is 0 Å². The highest BCUT2D eigenvalue weighted by molar-refractivity contribution is 5.95. The number of carbonyl (C=O) groups is 1. The van der Waals surface area contributed by atoms with Crippen molar-refractivity contribution in [3.8, 4) is 0 Å². The van der Waals surface area contributed by atoms with E-state index >= 15 is 0 Å². The summed E-state index contributed by atoms with van der Waals surface area (Å²) < 4.78 is 12.9. The topological polar surface area (TPSA) is 45.2 Å². The van der Waals surface area contributed by atoms with Crippen LogP contribution in [0.15, 0.2) is 42.7 Å². The van der Waals surface area contributed by atoms with Gasteiger partial charge < -0.3 is 10.2 Å². The number of nitrogens with zero attached hydrogens (tertiary/aromatic N) is 2. The third kappa shape index (κ3) is 4.06. The van der Waals surface area contributed by atoms with Gasteiger partial charge in [0.15, 0.2) is 0 Å². The molecule has 1 fully saturated rings. The van der Waals surface area contributed by atoms with Crippen LogP contribution in [0.2, 0.25) is 0 Å². The molecule has 0 aliphatic carbocycles. The number of likely N-dealkylation sites (tertiary alicyclic amines) is 1. The molecule has 3 rings (SSSR count). The Balaban J connectivity index is 1.73. The zero-order chi connectivity index (χ0) is 16.1. The number of carbonyl (C=O) groups excluding carboxylic acids is 1. The van der Waals surface area contributed by atoms with Gasteiger partial charge in [-0.05, 0) is 43.2 Å². The van der Waals surface area contributed by atoms with Crippen LogP contribution in [0.5, 0.6) is 0 Å². The van der Waals surface area contributed by atoms with Gasteiger partial charge in [-0.3, -0.25) is 9.78 Å². The third-order valence-electron chi connectivity index (χ3n) is 4.01. The van der Waals surface area contributed by atoms with Crippen LogP contribution < -0.4 is 5.32 Å². The van der Waals surface area contributed by atoms with Gasteiger partial charge in [0.25, 0.3) is 5.91 Å². The summed E-state index contributed by atoms with van der Waals surface area (Å²) in [5.74, 6) is -0.249. The number of halogens is 1. The molecule has 1 saturated heterocycles. The quantitative estimate of drug-likeness (QED) is 0.932. The molecule has 120 valence electrons. The van der Waals surface area contributed by atoms with Crippen LogP contribution in [0.25, 0.3) is 0 Å². The van der Waals surface area contributed by atoms with Crippen LogP contribution in [0.4, 0.5) is 15.8 Å². The van der Waals surface area contributed by atoms with Gasteiger partial charge in [0.1, 0.15) is 5.82 Å². The Labute approximate surface area is 135 Å². The zero-order valence-electron chi connectivity index (χ0n) is 13.0. The predicted octanol–water partition coefficient (Wildman–Crippen LogP) is 3.98. The van der Waals surface area contributed by atoms with Crippen molar-refractivity contribution in [2.45, 2.75) is 25.7 Å². The maximum Gasteiger partial charge on any atom is 0.255 e. The van der Waals surface area contributed by atoms with E-state index in [-0.39, 0.29) is 11.7 Å². The summed E-state index contributed by atoms with van der Waals surface area (Å²) in [6.07, 6.45) is 7.76. The van der Waals surface area contributed by atoms with Gasteiger partial charge in [0.05, 0.1) is 17.4 Å². The minimum absolute atomic E-state index is 0.0298. The lowest BCUT2D eigenvalue weighted by atomic mass is 10.2. The second-order valence-electron chi connectivity index (χ2n) is 5.80. The van der Waals surface area contributed by atoms with E-state index in [4.69, 9.17) is 0 Å². The van der Waals surface area contributed by atoms with Gasteiger partial charge in [-0.2, -0.15) is 0 Å². The molecule has 2 aromatic rings. The Bertz CT molecular complexity index is 664. The smallest absolute Gasteiger partial charge is 0.255 e. The lowest BCUT2D eigenvalue weighted by molar-refractivity contribution is 0.0761. The molecule has 2 heterocycles. The number of aromatic nitrogens is 1. The standard InChI is InChI=1S/C18H20FN3O/c19-15-5-7-16(8-6-15)21-17-11-14(12-20-13-17)18(23)22-9-3-1-2-4-10-22/h5-8,11-13,21H,1-4,9-10H2. The highest BCUT2D eigenvalue weighted by atomic mass is 19.1. The number of hydrogen-bond donors (Lipinski definition) is 1. The predicted molar refractivity (Wildman–Crippen MR) is 88.3 cm³/mol. The first-order valence-corrected chi connectivity index (χ1v) is 7.99. The SMILES string of the molecule is O=C(c1cncc(Nc2ccc(F)cc2)c1)N1CCCCCC1. The molecule has 1 amide bonds. The first kappa shape index (κ1) is 15.5. The van der Waals surface area contributed by atoms with Gasteiger partial charge in [-0.25, -0.2) is 4.39 Å². The Morgan fingerprint density at radius 2 is 1.70 bits per heavy atom. The summed E-state index contributed by atoms with van der Waals surface area (Å²) in [6, 6.07) is 7.88. The second kappa shape index (κ2) is 7.22. The summed E-state index contributed by atoms with van der Waals surface area (Å²) in [6.45, 7) is 1.63. The molecule has 0 atom stereocenters. The maximum absolute atomic E-state index is 12.9. The molecule has 0 bridgehead atoms. The molecular weight excluding hydrogens is 293 g/mol. The molecule has 5 heteroatoms. The average molecular weight is 313 g/mol.